The van der Waals surface area contributed by atoms with E-state index in [-0.39, 0.29) is 0 Å². The first kappa shape index (κ1) is 10.4. The summed E-state index contributed by atoms with van der Waals surface area (Å²) in [5, 5.41) is 3.13. The highest BCUT2D eigenvalue weighted by Gasteiger charge is 2.06. The average Bonchev–Trinajstić information content (AvgIpc) is 2.70. The topological polar surface area (TPSA) is 12.9 Å². The monoisotopic (exact) mass is 217 g/mol. The molecule has 2 heteroatoms. The van der Waals surface area contributed by atoms with Crippen LogP contribution in [0.1, 0.15) is 30.9 Å². The van der Waals surface area contributed by atoms with Gasteiger partial charge in [-0.1, -0.05) is 32.0 Å². The zero-order valence-corrected chi connectivity index (χ0v) is 10.1. The molecule has 0 saturated heterocycles. The largest absolute Gasteiger partial charge is 0.245 e. The first-order valence-electron chi connectivity index (χ1n) is 5.19. The fourth-order valence-corrected chi connectivity index (χ4v) is 2.37. The number of rotatable bonds is 2. The molecular weight excluding hydrogens is 202 g/mol. The highest BCUT2D eigenvalue weighted by atomic mass is 32.1. The number of thiazole rings is 1. The summed E-state index contributed by atoms with van der Waals surface area (Å²) in [7, 11) is 0. The number of aromatic nitrogens is 1. The van der Waals surface area contributed by atoms with Gasteiger partial charge in [0.25, 0.3) is 0 Å². The summed E-state index contributed by atoms with van der Waals surface area (Å²) < 4.78 is 0. The standard InChI is InChI=1S/C13H15NS/c1-9(2)11-4-5-12(10(3)8-11)13-14-6-7-15-13/h4-9H,1-3H3. The summed E-state index contributed by atoms with van der Waals surface area (Å²) >= 11 is 1.69. The Balaban J connectivity index is 2.44. The van der Waals surface area contributed by atoms with Gasteiger partial charge in [-0.25, -0.2) is 4.98 Å². The van der Waals surface area contributed by atoms with Crippen molar-refractivity contribution in [2.45, 2.75) is 26.7 Å². The van der Waals surface area contributed by atoms with E-state index in [0.29, 0.717) is 5.92 Å². The minimum absolute atomic E-state index is 0.592. The summed E-state index contributed by atoms with van der Waals surface area (Å²) in [6.07, 6.45) is 1.86. The maximum absolute atomic E-state index is 4.34. The van der Waals surface area contributed by atoms with Crippen LogP contribution in [0.5, 0.6) is 0 Å². The van der Waals surface area contributed by atoms with Gasteiger partial charge in [0.1, 0.15) is 5.01 Å². The Hall–Kier alpha value is -1.15. The molecule has 1 aromatic heterocycles. The van der Waals surface area contributed by atoms with Gasteiger partial charge >= 0.3 is 0 Å². The Bertz CT molecular complexity index is 444. The molecule has 2 rings (SSSR count). The molecule has 15 heavy (non-hydrogen) atoms. The van der Waals surface area contributed by atoms with E-state index in [1.54, 1.807) is 11.3 Å². The summed E-state index contributed by atoms with van der Waals surface area (Å²) in [4.78, 5) is 4.34. The zero-order chi connectivity index (χ0) is 10.8. The lowest BCUT2D eigenvalue weighted by molar-refractivity contribution is 0.865. The van der Waals surface area contributed by atoms with E-state index in [9.17, 15) is 0 Å². The number of aryl methyl sites for hydroxylation is 1. The van der Waals surface area contributed by atoms with Crippen LogP contribution in [-0.2, 0) is 0 Å². The maximum atomic E-state index is 4.34. The third-order valence-corrected chi connectivity index (χ3v) is 3.39. The number of benzene rings is 1. The van der Waals surface area contributed by atoms with Crippen molar-refractivity contribution in [3.05, 3.63) is 40.9 Å². The Morgan fingerprint density at radius 3 is 2.60 bits per heavy atom. The quantitative estimate of drug-likeness (QED) is 0.733. The molecule has 0 unspecified atom stereocenters. The van der Waals surface area contributed by atoms with E-state index in [0.717, 1.165) is 5.01 Å². The molecule has 0 N–H and O–H groups in total. The van der Waals surface area contributed by atoms with E-state index in [4.69, 9.17) is 0 Å². The van der Waals surface area contributed by atoms with Crippen molar-refractivity contribution in [1.82, 2.24) is 4.98 Å². The van der Waals surface area contributed by atoms with Crippen LogP contribution in [0.15, 0.2) is 29.8 Å². The van der Waals surface area contributed by atoms with Gasteiger partial charge in [-0.3, -0.25) is 0 Å². The predicted molar refractivity (Wildman–Crippen MR) is 66.4 cm³/mol. The van der Waals surface area contributed by atoms with Crippen molar-refractivity contribution >= 4 is 11.3 Å². The molecular formula is C13H15NS. The van der Waals surface area contributed by atoms with Crippen LogP contribution in [0, 0.1) is 6.92 Å². The second-order valence-corrected chi connectivity index (χ2v) is 4.96. The minimum Gasteiger partial charge on any atom is -0.245 e. The molecule has 0 fully saturated rings. The van der Waals surface area contributed by atoms with Crippen LogP contribution < -0.4 is 0 Å². The van der Waals surface area contributed by atoms with Crippen LogP contribution in [0.3, 0.4) is 0 Å². The molecule has 78 valence electrons. The Kier molecular flexibility index (Phi) is 2.87. The van der Waals surface area contributed by atoms with Crippen LogP contribution in [0.4, 0.5) is 0 Å². The van der Waals surface area contributed by atoms with E-state index < -0.39 is 0 Å². The van der Waals surface area contributed by atoms with Gasteiger partial charge in [-0.2, -0.15) is 0 Å². The fourth-order valence-electron chi connectivity index (χ4n) is 1.64. The zero-order valence-electron chi connectivity index (χ0n) is 9.32. The Morgan fingerprint density at radius 2 is 2.07 bits per heavy atom. The van der Waals surface area contributed by atoms with E-state index >= 15 is 0 Å². The highest BCUT2D eigenvalue weighted by Crippen LogP contribution is 2.27. The smallest absolute Gasteiger partial charge is 0.123 e. The van der Waals surface area contributed by atoms with E-state index in [1.807, 2.05) is 11.6 Å². The van der Waals surface area contributed by atoms with E-state index in [2.05, 4.69) is 44.0 Å². The van der Waals surface area contributed by atoms with Crippen molar-refractivity contribution in [2.24, 2.45) is 0 Å². The minimum atomic E-state index is 0.592. The van der Waals surface area contributed by atoms with Gasteiger partial charge in [-0.05, 0) is 24.0 Å². The maximum Gasteiger partial charge on any atom is 0.123 e. The van der Waals surface area contributed by atoms with Gasteiger partial charge in [0.2, 0.25) is 0 Å². The second-order valence-electron chi connectivity index (χ2n) is 4.07. The predicted octanol–water partition coefficient (Wildman–Crippen LogP) is 4.24. The molecule has 0 aliphatic rings. The third kappa shape index (κ3) is 2.10. The van der Waals surface area contributed by atoms with Crippen molar-refractivity contribution < 1.29 is 0 Å². The van der Waals surface area contributed by atoms with Gasteiger partial charge in [0.05, 0.1) is 0 Å². The molecule has 0 aliphatic carbocycles. The fraction of sp³-hybridized carbons (Fsp3) is 0.308. The van der Waals surface area contributed by atoms with Crippen molar-refractivity contribution in [2.75, 3.05) is 0 Å². The Morgan fingerprint density at radius 1 is 1.27 bits per heavy atom. The van der Waals surface area contributed by atoms with Crippen molar-refractivity contribution in [1.29, 1.82) is 0 Å². The normalized spacial score (nSPS) is 10.9. The van der Waals surface area contributed by atoms with Gasteiger partial charge in [0.15, 0.2) is 0 Å². The van der Waals surface area contributed by atoms with Gasteiger partial charge in [0, 0.05) is 17.1 Å². The van der Waals surface area contributed by atoms with Crippen LogP contribution in [-0.4, -0.2) is 4.98 Å². The lowest BCUT2D eigenvalue weighted by atomic mass is 9.98. The Labute approximate surface area is 94.8 Å². The van der Waals surface area contributed by atoms with Crippen molar-refractivity contribution in [3.8, 4) is 10.6 Å². The molecule has 0 radical (unpaired) electrons. The molecule has 1 nitrogen and oxygen atoms in total. The molecule has 0 bridgehead atoms. The molecule has 0 amide bonds. The second kappa shape index (κ2) is 4.15. The molecule has 1 aromatic carbocycles. The summed E-state index contributed by atoms with van der Waals surface area (Å²) in [6, 6.07) is 6.65. The number of hydrogen-bond donors (Lipinski definition) is 0. The molecule has 0 saturated carbocycles. The highest BCUT2D eigenvalue weighted by molar-refractivity contribution is 7.13. The first-order chi connectivity index (χ1) is 7.18. The SMILES string of the molecule is Cc1cc(C(C)C)ccc1-c1nccs1. The van der Waals surface area contributed by atoms with E-state index in [1.165, 1.54) is 16.7 Å². The summed E-state index contributed by atoms with van der Waals surface area (Å²) in [5.74, 6) is 0.592. The average molecular weight is 217 g/mol. The molecule has 1 heterocycles. The van der Waals surface area contributed by atoms with Gasteiger partial charge < -0.3 is 0 Å². The van der Waals surface area contributed by atoms with Gasteiger partial charge in [-0.15, -0.1) is 11.3 Å². The van der Waals surface area contributed by atoms with Crippen molar-refractivity contribution in [3.63, 3.8) is 0 Å². The van der Waals surface area contributed by atoms with Crippen LogP contribution >= 0.6 is 11.3 Å². The molecule has 2 aromatic rings. The molecule has 0 aliphatic heterocycles. The molecule has 0 spiro atoms. The lowest BCUT2D eigenvalue weighted by Gasteiger charge is -2.09. The molecule has 0 atom stereocenters. The number of hydrogen-bond acceptors (Lipinski definition) is 2. The summed E-state index contributed by atoms with van der Waals surface area (Å²) in [6.45, 7) is 6.60. The lowest BCUT2D eigenvalue weighted by Crippen LogP contribution is -1.90. The summed E-state index contributed by atoms with van der Waals surface area (Å²) in [5.41, 5.74) is 3.97. The van der Waals surface area contributed by atoms with Crippen LogP contribution in [0.25, 0.3) is 10.6 Å². The third-order valence-electron chi connectivity index (χ3n) is 2.58. The first-order valence-corrected chi connectivity index (χ1v) is 6.07. The van der Waals surface area contributed by atoms with Crippen LogP contribution in [0.2, 0.25) is 0 Å². The number of nitrogens with zero attached hydrogens (tertiary/aromatic N) is 1.